The van der Waals surface area contributed by atoms with Crippen molar-refractivity contribution in [2.24, 2.45) is 5.92 Å². The van der Waals surface area contributed by atoms with E-state index in [2.05, 4.69) is 10.6 Å². The predicted octanol–water partition coefficient (Wildman–Crippen LogP) is 2.09. The van der Waals surface area contributed by atoms with E-state index in [-0.39, 0.29) is 18.3 Å². The molecule has 0 aromatic heterocycles. The lowest BCUT2D eigenvalue weighted by Gasteiger charge is -2.10. The fourth-order valence-electron chi connectivity index (χ4n) is 1.59. The van der Waals surface area contributed by atoms with Gasteiger partial charge in [0.15, 0.2) is 6.61 Å². The molecule has 1 amide bonds. The summed E-state index contributed by atoms with van der Waals surface area (Å²) in [6, 6.07) is 4.47. The van der Waals surface area contributed by atoms with Crippen molar-refractivity contribution in [3.8, 4) is 5.75 Å². The molecule has 112 valence electrons. The van der Waals surface area contributed by atoms with E-state index >= 15 is 0 Å². The average molecular weight is 282 g/mol. The Balaban J connectivity index is 2.50. The summed E-state index contributed by atoms with van der Waals surface area (Å²) in [4.78, 5) is 11.5. The summed E-state index contributed by atoms with van der Waals surface area (Å²) in [7, 11) is 0. The number of carbonyl (C=O) groups excluding carboxylic acids is 1. The number of halogens is 1. The molecule has 1 rings (SSSR count). The van der Waals surface area contributed by atoms with Crippen molar-refractivity contribution in [3.05, 3.63) is 29.6 Å². The first kappa shape index (κ1) is 16.4. The maximum absolute atomic E-state index is 13.4. The Morgan fingerprint density at radius 1 is 1.35 bits per heavy atom. The zero-order valence-electron chi connectivity index (χ0n) is 12.3. The van der Waals surface area contributed by atoms with Crippen LogP contribution in [0.4, 0.5) is 4.39 Å². The molecule has 0 saturated heterocycles. The van der Waals surface area contributed by atoms with Crippen molar-refractivity contribution in [2.45, 2.75) is 27.3 Å². The van der Waals surface area contributed by atoms with Crippen molar-refractivity contribution >= 4 is 5.91 Å². The molecule has 0 unspecified atom stereocenters. The summed E-state index contributed by atoms with van der Waals surface area (Å²) in [6.45, 7) is 7.90. The van der Waals surface area contributed by atoms with Crippen LogP contribution in [-0.2, 0) is 11.3 Å². The molecular formula is C15H23FN2O2. The number of hydrogen-bond acceptors (Lipinski definition) is 3. The molecule has 1 aromatic carbocycles. The minimum absolute atomic E-state index is 0.100. The van der Waals surface area contributed by atoms with Gasteiger partial charge in [0, 0.05) is 19.2 Å². The van der Waals surface area contributed by atoms with Crippen molar-refractivity contribution in [1.82, 2.24) is 10.6 Å². The number of benzene rings is 1. The third-order valence-corrected chi connectivity index (χ3v) is 2.59. The van der Waals surface area contributed by atoms with Crippen LogP contribution in [0.15, 0.2) is 18.2 Å². The monoisotopic (exact) mass is 282 g/mol. The molecule has 0 fully saturated rings. The molecule has 0 bridgehead atoms. The maximum Gasteiger partial charge on any atom is 0.257 e. The first-order valence-corrected chi connectivity index (χ1v) is 6.91. The van der Waals surface area contributed by atoms with Gasteiger partial charge in [0.2, 0.25) is 0 Å². The molecule has 0 heterocycles. The highest BCUT2D eigenvalue weighted by atomic mass is 19.1. The van der Waals surface area contributed by atoms with Gasteiger partial charge in [-0.05, 0) is 30.2 Å². The van der Waals surface area contributed by atoms with Crippen LogP contribution in [-0.4, -0.2) is 25.6 Å². The molecule has 2 N–H and O–H groups in total. The van der Waals surface area contributed by atoms with Crippen molar-refractivity contribution in [3.63, 3.8) is 0 Å². The van der Waals surface area contributed by atoms with Gasteiger partial charge >= 0.3 is 0 Å². The molecule has 0 aliphatic heterocycles. The zero-order chi connectivity index (χ0) is 15.0. The average Bonchev–Trinajstić information content (AvgIpc) is 2.40. The quantitative estimate of drug-likeness (QED) is 0.767. The van der Waals surface area contributed by atoms with Crippen molar-refractivity contribution in [1.29, 1.82) is 0 Å². The summed E-state index contributed by atoms with van der Waals surface area (Å²) in [5, 5.41) is 5.86. The van der Waals surface area contributed by atoms with E-state index in [1.165, 1.54) is 12.1 Å². The van der Waals surface area contributed by atoms with Crippen LogP contribution >= 0.6 is 0 Å². The van der Waals surface area contributed by atoms with Crippen LogP contribution in [0.5, 0.6) is 5.75 Å². The lowest BCUT2D eigenvalue weighted by Crippen LogP contribution is -2.31. The highest BCUT2D eigenvalue weighted by Gasteiger charge is 2.06. The van der Waals surface area contributed by atoms with Crippen molar-refractivity contribution < 1.29 is 13.9 Å². The largest absolute Gasteiger partial charge is 0.484 e. The predicted molar refractivity (Wildman–Crippen MR) is 77.1 cm³/mol. The molecule has 0 spiro atoms. The van der Waals surface area contributed by atoms with E-state index in [1.807, 2.05) is 20.8 Å². The van der Waals surface area contributed by atoms with Crippen LogP contribution in [0, 0.1) is 11.7 Å². The molecule has 0 saturated carbocycles. The Kier molecular flexibility index (Phi) is 7.01. The highest BCUT2D eigenvalue weighted by Crippen LogP contribution is 2.16. The lowest BCUT2D eigenvalue weighted by molar-refractivity contribution is -0.123. The number of rotatable bonds is 8. The van der Waals surface area contributed by atoms with E-state index < -0.39 is 0 Å². The highest BCUT2D eigenvalue weighted by molar-refractivity contribution is 5.77. The van der Waals surface area contributed by atoms with Crippen molar-refractivity contribution in [2.75, 3.05) is 19.7 Å². The Morgan fingerprint density at radius 3 is 2.75 bits per heavy atom. The van der Waals surface area contributed by atoms with Crippen LogP contribution in [0.2, 0.25) is 0 Å². The van der Waals surface area contributed by atoms with Gasteiger partial charge in [0.1, 0.15) is 11.6 Å². The van der Waals surface area contributed by atoms with Crippen LogP contribution < -0.4 is 15.4 Å². The minimum Gasteiger partial charge on any atom is -0.484 e. The van der Waals surface area contributed by atoms with Gasteiger partial charge in [-0.15, -0.1) is 0 Å². The Hall–Kier alpha value is -1.62. The number of amides is 1. The molecule has 0 aliphatic carbocycles. The summed E-state index contributed by atoms with van der Waals surface area (Å²) in [5.74, 6) is 0.201. The molecule has 4 nitrogen and oxygen atoms in total. The lowest BCUT2D eigenvalue weighted by atomic mass is 10.2. The van der Waals surface area contributed by atoms with Gasteiger partial charge in [0.25, 0.3) is 5.91 Å². The first-order chi connectivity index (χ1) is 9.51. The molecule has 20 heavy (non-hydrogen) atoms. The van der Waals surface area contributed by atoms with E-state index in [9.17, 15) is 9.18 Å². The zero-order valence-corrected chi connectivity index (χ0v) is 12.3. The van der Waals surface area contributed by atoms with E-state index in [0.29, 0.717) is 24.8 Å². The summed E-state index contributed by atoms with van der Waals surface area (Å²) < 4.78 is 18.7. The second-order valence-corrected chi connectivity index (χ2v) is 5.06. The van der Waals surface area contributed by atoms with E-state index in [1.54, 1.807) is 6.07 Å². The Morgan fingerprint density at radius 2 is 2.10 bits per heavy atom. The Labute approximate surface area is 119 Å². The van der Waals surface area contributed by atoms with Gasteiger partial charge in [0.05, 0.1) is 0 Å². The minimum atomic E-state index is -0.363. The third-order valence-electron chi connectivity index (χ3n) is 2.59. The normalized spacial score (nSPS) is 10.7. The summed E-state index contributed by atoms with van der Waals surface area (Å²) >= 11 is 0. The standard InChI is InChI=1S/C15H23FN2O2/c1-4-17-9-12-5-13(16)7-14(6-12)20-10-15(19)18-8-11(2)3/h5-7,11,17H,4,8-10H2,1-3H3,(H,18,19). The van der Waals surface area contributed by atoms with E-state index in [0.717, 1.165) is 12.1 Å². The summed E-state index contributed by atoms with van der Waals surface area (Å²) in [5.41, 5.74) is 0.796. The fourth-order valence-corrected chi connectivity index (χ4v) is 1.59. The van der Waals surface area contributed by atoms with Gasteiger partial charge in [-0.25, -0.2) is 4.39 Å². The third kappa shape index (κ3) is 6.52. The van der Waals surface area contributed by atoms with Crippen LogP contribution in [0.1, 0.15) is 26.3 Å². The number of ether oxygens (including phenoxy) is 1. The summed E-state index contributed by atoms with van der Waals surface area (Å²) in [6.07, 6.45) is 0. The van der Waals surface area contributed by atoms with Gasteiger partial charge in [-0.3, -0.25) is 4.79 Å². The topological polar surface area (TPSA) is 50.4 Å². The molecule has 5 heteroatoms. The molecule has 0 radical (unpaired) electrons. The van der Waals surface area contributed by atoms with Gasteiger partial charge in [-0.2, -0.15) is 0 Å². The fraction of sp³-hybridized carbons (Fsp3) is 0.533. The second kappa shape index (κ2) is 8.53. The first-order valence-electron chi connectivity index (χ1n) is 6.91. The van der Waals surface area contributed by atoms with E-state index in [4.69, 9.17) is 4.74 Å². The molecule has 0 aliphatic rings. The molecular weight excluding hydrogens is 259 g/mol. The second-order valence-electron chi connectivity index (χ2n) is 5.06. The number of hydrogen-bond donors (Lipinski definition) is 2. The number of carbonyl (C=O) groups is 1. The number of nitrogens with one attached hydrogen (secondary N) is 2. The Bertz CT molecular complexity index is 436. The molecule has 0 atom stereocenters. The smallest absolute Gasteiger partial charge is 0.257 e. The van der Waals surface area contributed by atoms with Gasteiger partial charge < -0.3 is 15.4 Å². The maximum atomic E-state index is 13.4. The van der Waals surface area contributed by atoms with Gasteiger partial charge in [-0.1, -0.05) is 20.8 Å². The molecule has 1 aromatic rings. The van der Waals surface area contributed by atoms with Crippen LogP contribution in [0.3, 0.4) is 0 Å². The van der Waals surface area contributed by atoms with Crippen LogP contribution in [0.25, 0.3) is 0 Å². The SMILES string of the molecule is CCNCc1cc(F)cc(OCC(=O)NCC(C)C)c1.